The number of piperidine rings is 1. The third-order valence-corrected chi connectivity index (χ3v) is 3.11. The maximum Gasteiger partial charge on any atom is 0.237 e. The molecule has 0 aliphatic carbocycles. The van der Waals surface area contributed by atoms with Crippen molar-refractivity contribution in [1.82, 2.24) is 15.5 Å². The molecule has 2 unspecified atom stereocenters. The molecule has 2 N–H and O–H groups in total. The van der Waals surface area contributed by atoms with Crippen LogP contribution in [0.4, 0.5) is 0 Å². The molecule has 14 heavy (non-hydrogen) atoms. The molecule has 2 heterocycles. The zero-order valence-corrected chi connectivity index (χ0v) is 8.75. The molecular formula is C10H19N3O. The topological polar surface area (TPSA) is 44.4 Å². The van der Waals surface area contributed by atoms with E-state index in [0.29, 0.717) is 6.04 Å². The highest BCUT2D eigenvalue weighted by atomic mass is 16.2. The van der Waals surface area contributed by atoms with Gasteiger partial charge in [0.25, 0.3) is 0 Å². The number of nitrogens with zero attached hydrogens (tertiary/aromatic N) is 1. The van der Waals surface area contributed by atoms with Gasteiger partial charge in [-0.1, -0.05) is 0 Å². The fourth-order valence-electron chi connectivity index (χ4n) is 2.29. The van der Waals surface area contributed by atoms with Gasteiger partial charge in [-0.05, 0) is 32.9 Å². The number of amides is 1. The van der Waals surface area contributed by atoms with E-state index < -0.39 is 0 Å². The van der Waals surface area contributed by atoms with Crippen molar-refractivity contribution in [3.8, 4) is 0 Å². The first-order valence-electron chi connectivity index (χ1n) is 5.48. The molecular weight excluding hydrogens is 178 g/mol. The van der Waals surface area contributed by atoms with Crippen LogP contribution in [0.25, 0.3) is 0 Å². The second kappa shape index (κ2) is 4.28. The van der Waals surface area contributed by atoms with E-state index in [1.165, 1.54) is 6.42 Å². The lowest BCUT2D eigenvalue weighted by molar-refractivity contribution is -0.124. The molecule has 0 radical (unpaired) electrons. The van der Waals surface area contributed by atoms with E-state index in [-0.39, 0.29) is 11.9 Å². The van der Waals surface area contributed by atoms with Gasteiger partial charge in [0, 0.05) is 19.1 Å². The molecule has 2 aliphatic heterocycles. The number of likely N-dealkylation sites (N-methyl/N-ethyl adjacent to an activating group) is 1. The van der Waals surface area contributed by atoms with Gasteiger partial charge >= 0.3 is 0 Å². The largest absolute Gasteiger partial charge is 0.355 e. The monoisotopic (exact) mass is 197 g/mol. The molecule has 0 bridgehead atoms. The Labute approximate surface area is 85.0 Å². The second-order valence-electron chi connectivity index (χ2n) is 4.40. The molecule has 0 spiro atoms. The fraction of sp³-hybridized carbons (Fsp3) is 0.900. The third kappa shape index (κ3) is 2.25. The summed E-state index contributed by atoms with van der Waals surface area (Å²) in [5.74, 6) is 0.186. The minimum absolute atomic E-state index is 0.0558. The summed E-state index contributed by atoms with van der Waals surface area (Å²) < 4.78 is 0. The zero-order chi connectivity index (χ0) is 9.97. The average Bonchev–Trinajstić information content (AvgIpc) is 2.56. The third-order valence-electron chi connectivity index (χ3n) is 3.11. The average molecular weight is 197 g/mol. The Bertz CT molecular complexity index is 219. The van der Waals surface area contributed by atoms with Gasteiger partial charge in [-0.3, -0.25) is 4.79 Å². The summed E-state index contributed by atoms with van der Waals surface area (Å²) in [6.45, 7) is 3.07. The van der Waals surface area contributed by atoms with Gasteiger partial charge in [0.15, 0.2) is 0 Å². The molecule has 2 fully saturated rings. The van der Waals surface area contributed by atoms with Crippen LogP contribution < -0.4 is 10.6 Å². The summed E-state index contributed by atoms with van der Waals surface area (Å²) in [7, 11) is 2.13. The standard InChI is InChI=1S/C10H19N3O/c1-13-6-4-8(7-13)12-9-3-2-5-11-10(9)14/h8-9,12H,2-7H2,1H3,(H,11,14). The number of nitrogens with one attached hydrogen (secondary N) is 2. The van der Waals surface area contributed by atoms with Crippen LogP contribution in [0.2, 0.25) is 0 Å². The molecule has 2 atom stereocenters. The first-order valence-corrected chi connectivity index (χ1v) is 5.48. The number of rotatable bonds is 2. The molecule has 1 amide bonds. The SMILES string of the molecule is CN1CCC(NC2CCCNC2=O)C1. The molecule has 2 rings (SSSR count). The minimum Gasteiger partial charge on any atom is -0.355 e. The van der Waals surface area contributed by atoms with Crippen LogP contribution in [-0.4, -0.2) is 49.6 Å². The summed E-state index contributed by atoms with van der Waals surface area (Å²) in [5, 5.41) is 6.35. The maximum absolute atomic E-state index is 11.5. The molecule has 2 saturated heterocycles. The van der Waals surface area contributed by atoms with Crippen LogP contribution >= 0.6 is 0 Å². The van der Waals surface area contributed by atoms with Crippen LogP contribution in [0.5, 0.6) is 0 Å². The first kappa shape index (κ1) is 9.93. The van der Waals surface area contributed by atoms with Crippen molar-refractivity contribution >= 4 is 5.91 Å². The van der Waals surface area contributed by atoms with Gasteiger partial charge in [-0.25, -0.2) is 0 Å². The Balaban J connectivity index is 1.81. The number of hydrogen-bond donors (Lipinski definition) is 2. The van der Waals surface area contributed by atoms with Gasteiger partial charge < -0.3 is 15.5 Å². The zero-order valence-electron chi connectivity index (χ0n) is 8.75. The highest BCUT2D eigenvalue weighted by molar-refractivity contribution is 5.82. The van der Waals surface area contributed by atoms with E-state index in [9.17, 15) is 4.79 Å². The van der Waals surface area contributed by atoms with Gasteiger partial charge in [0.2, 0.25) is 5.91 Å². The van der Waals surface area contributed by atoms with Crippen molar-refractivity contribution in [2.75, 3.05) is 26.7 Å². The van der Waals surface area contributed by atoms with Gasteiger partial charge in [-0.2, -0.15) is 0 Å². The molecule has 0 saturated carbocycles. The van der Waals surface area contributed by atoms with E-state index in [4.69, 9.17) is 0 Å². The summed E-state index contributed by atoms with van der Waals surface area (Å²) in [6, 6.07) is 0.564. The Morgan fingerprint density at radius 1 is 1.50 bits per heavy atom. The Morgan fingerprint density at radius 2 is 2.36 bits per heavy atom. The molecule has 80 valence electrons. The molecule has 4 nitrogen and oxygen atoms in total. The number of carbonyl (C=O) groups excluding carboxylic acids is 1. The van der Waals surface area contributed by atoms with E-state index >= 15 is 0 Å². The van der Waals surface area contributed by atoms with E-state index in [2.05, 4.69) is 22.6 Å². The van der Waals surface area contributed by atoms with Gasteiger partial charge in [0.05, 0.1) is 6.04 Å². The van der Waals surface area contributed by atoms with Gasteiger partial charge in [0.1, 0.15) is 0 Å². The van der Waals surface area contributed by atoms with Crippen molar-refractivity contribution in [2.24, 2.45) is 0 Å². The van der Waals surface area contributed by atoms with Gasteiger partial charge in [-0.15, -0.1) is 0 Å². The molecule has 2 aliphatic rings. The van der Waals surface area contributed by atoms with Crippen LogP contribution in [0, 0.1) is 0 Å². The molecule has 0 aromatic carbocycles. The van der Waals surface area contributed by atoms with E-state index in [0.717, 1.165) is 32.5 Å². The fourth-order valence-corrected chi connectivity index (χ4v) is 2.29. The van der Waals surface area contributed by atoms with Crippen LogP contribution in [0.1, 0.15) is 19.3 Å². The quantitative estimate of drug-likeness (QED) is 0.631. The first-order chi connectivity index (χ1) is 6.75. The lowest BCUT2D eigenvalue weighted by atomic mass is 10.1. The smallest absolute Gasteiger partial charge is 0.237 e. The predicted octanol–water partition coefficient (Wildman–Crippen LogP) is -0.441. The van der Waals surface area contributed by atoms with Crippen LogP contribution in [0.3, 0.4) is 0 Å². The van der Waals surface area contributed by atoms with E-state index in [1.807, 2.05) is 0 Å². The van der Waals surface area contributed by atoms with Crippen molar-refractivity contribution in [2.45, 2.75) is 31.3 Å². The normalized spacial score (nSPS) is 34.5. The minimum atomic E-state index is 0.0558. The summed E-state index contributed by atoms with van der Waals surface area (Å²) in [4.78, 5) is 13.8. The highest BCUT2D eigenvalue weighted by Crippen LogP contribution is 2.10. The maximum atomic E-state index is 11.5. The second-order valence-corrected chi connectivity index (χ2v) is 4.40. The van der Waals surface area contributed by atoms with Crippen molar-refractivity contribution in [3.05, 3.63) is 0 Å². The van der Waals surface area contributed by atoms with Crippen LogP contribution in [-0.2, 0) is 4.79 Å². The van der Waals surface area contributed by atoms with Crippen molar-refractivity contribution in [1.29, 1.82) is 0 Å². The summed E-state index contributed by atoms with van der Waals surface area (Å²) >= 11 is 0. The summed E-state index contributed by atoms with van der Waals surface area (Å²) in [5.41, 5.74) is 0. The lowest BCUT2D eigenvalue weighted by Crippen LogP contribution is -2.52. The highest BCUT2D eigenvalue weighted by Gasteiger charge is 2.27. The molecule has 0 aromatic rings. The van der Waals surface area contributed by atoms with Crippen molar-refractivity contribution in [3.63, 3.8) is 0 Å². The summed E-state index contributed by atoms with van der Waals surface area (Å²) in [6.07, 6.45) is 3.26. The Morgan fingerprint density at radius 3 is 3.00 bits per heavy atom. The van der Waals surface area contributed by atoms with Crippen LogP contribution in [0.15, 0.2) is 0 Å². The number of carbonyl (C=O) groups is 1. The number of likely N-dealkylation sites (tertiary alicyclic amines) is 1. The Kier molecular flexibility index (Phi) is 3.03. The predicted molar refractivity (Wildman–Crippen MR) is 55.1 cm³/mol. The van der Waals surface area contributed by atoms with E-state index in [1.54, 1.807) is 0 Å². The van der Waals surface area contributed by atoms with Crippen molar-refractivity contribution < 1.29 is 4.79 Å². The Hall–Kier alpha value is -0.610. The molecule has 0 aromatic heterocycles. The number of hydrogen-bond acceptors (Lipinski definition) is 3. The molecule has 4 heteroatoms. The lowest BCUT2D eigenvalue weighted by Gasteiger charge is -2.25.